The lowest BCUT2D eigenvalue weighted by Crippen LogP contribution is -2.17. The van der Waals surface area contributed by atoms with Crippen LogP contribution in [0.5, 0.6) is 0 Å². The fourth-order valence-electron chi connectivity index (χ4n) is 1.78. The molecule has 1 aromatic carbocycles. The van der Waals surface area contributed by atoms with Crippen molar-refractivity contribution in [2.75, 3.05) is 11.9 Å². The van der Waals surface area contributed by atoms with Gasteiger partial charge in [0, 0.05) is 12.5 Å². The Hall–Kier alpha value is -1.84. The molecule has 0 spiro atoms. The van der Waals surface area contributed by atoms with Crippen LogP contribution in [0.1, 0.15) is 32.4 Å². The highest BCUT2D eigenvalue weighted by molar-refractivity contribution is 5.46. The molecule has 0 aliphatic heterocycles. The summed E-state index contributed by atoms with van der Waals surface area (Å²) in [5, 5.41) is 0. The van der Waals surface area contributed by atoms with Crippen LogP contribution in [0, 0.1) is 5.82 Å². The first-order chi connectivity index (χ1) is 8.88. The van der Waals surface area contributed by atoms with Gasteiger partial charge in [-0.15, -0.1) is 0 Å². The van der Waals surface area contributed by atoms with E-state index in [0.29, 0.717) is 18.1 Å². The van der Waals surface area contributed by atoms with Gasteiger partial charge in [-0.25, -0.2) is 9.37 Å². The van der Waals surface area contributed by atoms with E-state index < -0.39 is 0 Å². The smallest absolute Gasteiger partial charge is 0.213 e. The predicted octanol–water partition coefficient (Wildman–Crippen LogP) is 3.75. The van der Waals surface area contributed by atoms with Crippen molar-refractivity contribution in [3.63, 3.8) is 0 Å². The molecule has 2 rings (SSSR count). The van der Waals surface area contributed by atoms with Gasteiger partial charge in [-0.05, 0) is 12.1 Å². The zero-order valence-electron chi connectivity index (χ0n) is 11.8. The first-order valence-electron chi connectivity index (χ1n) is 6.29. The fraction of sp³-hybridized carbons (Fsp3) is 0.400. The average molecular weight is 262 g/mol. The predicted molar refractivity (Wildman–Crippen MR) is 73.7 cm³/mol. The minimum absolute atomic E-state index is 0.0676. The summed E-state index contributed by atoms with van der Waals surface area (Å²) in [6.45, 7) is 6.64. The van der Waals surface area contributed by atoms with Gasteiger partial charge in [0.05, 0.1) is 18.4 Å². The molecule has 0 aliphatic rings. The topological polar surface area (TPSA) is 29.3 Å². The molecule has 0 saturated carbocycles. The van der Waals surface area contributed by atoms with Crippen LogP contribution in [-0.4, -0.2) is 12.0 Å². The average Bonchev–Trinajstić information content (AvgIpc) is 2.77. The Morgan fingerprint density at radius 3 is 2.53 bits per heavy atom. The zero-order chi connectivity index (χ0) is 14.0. The minimum atomic E-state index is -0.243. The monoisotopic (exact) mass is 262 g/mol. The summed E-state index contributed by atoms with van der Waals surface area (Å²) in [4.78, 5) is 6.03. The molecule has 1 heterocycles. The molecule has 4 heteroatoms. The number of aromatic nitrogens is 1. The molecule has 0 atom stereocenters. The van der Waals surface area contributed by atoms with Crippen molar-refractivity contribution in [2.24, 2.45) is 0 Å². The van der Waals surface area contributed by atoms with Gasteiger partial charge in [0.1, 0.15) is 11.6 Å². The van der Waals surface area contributed by atoms with Crippen molar-refractivity contribution >= 4 is 5.69 Å². The molecule has 1 aromatic heterocycles. The summed E-state index contributed by atoms with van der Waals surface area (Å²) in [6.07, 6.45) is 1.74. The van der Waals surface area contributed by atoms with E-state index in [9.17, 15) is 4.39 Å². The highest BCUT2D eigenvalue weighted by atomic mass is 19.1. The summed E-state index contributed by atoms with van der Waals surface area (Å²) in [5.41, 5.74) is 0.472. The van der Waals surface area contributed by atoms with Crippen molar-refractivity contribution in [1.82, 2.24) is 4.98 Å². The lowest BCUT2D eigenvalue weighted by Gasteiger charge is -2.18. The Bertz CT molecular complexity index is 557. The van der Waals surface area contributed by atoms with Crippen LogP contribution in [0.15, 0.2) is 34.9 Å². The Balaban J connectivity index is 2.14. The molecule has 0 radical (unpaired) electrons. The van der Waals surface area contributed by atoms with Crippen LogP contribution >= 0.6 is 0 Å². The maximum Gasteiger partial charge on any atom is 0.213 e. The number of rotatable bonds is 3. The summed E-state index contributed by atoms with van der Waals surface area (Å²) in [6, 6.07) is 6.67. The molecule has 19 heavy (non-hydrogen) atoms. The SMILES string of the molecule is CN(Cc1ncc(C(C)(C)C)o1)c1ccccc1F. The summed E-state index contributed by atoms with van der Waals surface area (Å²) in [5.74, 6) is 1.19. The van der Waals surface area contributed by atoms with Crippen LogP contribution in [0.4, 0.5) is 10.1 Å². The fourth-order valence-corrected chi connectivity index (χ4v) is 1.78. The van der Waals surface area contributed by atoms with Crippen molar-refractivity contribution < 1.29 is 8.81 Å². The number of hydrogen-bond acceptors (Lipinski definition) is 3. The van der Waals surface area contributed by atoms with E-state index in [0.717, 1.165) is 5.76 Å². The number of hydrogen-bond donors (Lipinski definition) is 0. The second kappa shape index (κ2) is 5.03. The third kappa shape index (κ3) is 3.13. The van der Waals surface area contributed by atoms with Crippen LogP contribution in [0.2, 0.25) is 0 Å². The van der Waals surface area contributed by atoms with Crippen molar-refractivity contribution in [3.05, 3.63) is 47.9 Å². The van der Waals surface area contributed by atoms with Crippen LogP contribution < -0.4 is 4.90 Å². The van der Waals surface area contributed by atoms with Crippen LogP contribution in [0.25, 0.3) is 0 Å². The van der Waals surface area contributed by atoms with Crippen molar-refractivity contribution in [1.29, 1.82) is 0 Å². The van der Waals surface area contributed by atoms with Gasteiger partial charge in [0.2, 0.25) is 5.89 Å². The second-order valence-electron chi connectivity index (χ2n) is 5.68. The lowest BCUT2D eigenvalue weighted by atomic mass is 9.94. The quantitative estimate of drug-likeness (QED) is 0.843. The van der Waals surface area contributed by atoms with E-state index >= 15 is 0 Å². The van der Waals surface area contributed by atoms with Gasteiger partial charge >= 0.3 is 0 Å². The maximum absolute atomic E-state index is 13.6. The van der Waals surface area contributed by atoms with Gasteiger partial charge < -0.3 is 9.32 Å². The second-order valence-corrected chi connectivity index (χ2v) is 5.68. The largest absolute Gasteiger partial charge is 0.443 e. The van der Waals surface area contributed by atoms with Crippen LogP contribution in [0.3, 0.4) is 0 Å². The number of para-hydroxylation sites is 1. The molecule has 0 amide bonds. The Kier molecular flexibility index (Phi) is 3.60. The van der Waals surface area contributed by atoms with Gasteiger partial charge in [-0.1, -0.05) is 32.9 Å². The van der Waals surface area contributed by atoms with Gasteiger partial charge in [-0.3, -0.25) is 0 Å². The molecule has 3 nitrogen and oxygen atoms in total. The third-order valence-electron chi connectivity index (χ3n) is 2.93. The number of anilines is 1. The highest BCUT2D eigenvalue weighted by Gasteiger charge is 2.20. The molecule has 0 fully saturated rings. The first kappa shape index (κ1) is 13.6. The number of oxazole rings is 1. The molecule has 0 unspecified atom stereocenters. The zero-order valence-corrected chi connectivity index (χ0v) is 11.8. The number of nitrogens with zero attached hydrogens (tertiary/aromatic N) is 2. The van der Waals surface area contributed by atoms with E-state index in [2.05, 4.69) is 25.8 Å². The molecule has 0 saturated heterocycles. The van der Waals surface area contributed by atoms with E-state index in [1.54, 1.807) is 23.2 Å². The van der Waals surface area contributed by atoms with Gasteiger partial charge in [-0.2, -0.15) is 0 Å². The molecule has 0 aliphatic carbocycles. The number of halogens is 1. The van der Waals surface area contributed by atoms with Gasteiger partial charge in [0.15, 0.2) is 0 Å². The van der Waals surface area contributed by atoms with Crippen LogP contribution in [-0.2, 0) is 12.0 Å². The van der Waals surface area contributed by atoms with E-state index in [1.165, 1.54) is 6.07 Å². The van der Waals surface area contributed by atoms with E-state index in [-0.39, 0.29) is 11.2 Å². The maximum atomic E-state index is 13.6. The van der Waals surface area contributed by atoms with E-state index in [4.69, 9.17) is 4.42 Å². The Morgan fingerprint density at radius 2 is 1.95 bits per heavy atom. The van der Waals surface area contributed by atoms with Crippen molar-refractivity contribution in [2.45, 2.75) is 32.7 Å². The summed E-state index contributed by atoms with van der Waals surface area (Å²) < 4.78 is 19.3. The lowest BCUT2D eigenvalue weighted by molar-refractivity contribution is 0.381. The third-order valence-corrected chi connectivity index (χ3v) is 2.93. The molecule has 2 aromatic rings. The van der Waals surface area contributed by atoms with Crippen molar-refractivity contribution in [3.8, 4) is 0 Å². The molecule has 0 bridgehead atoms. The highest BCUT2D eigenvalue weighted by Crippen LogP contribution is 2.24. The molecular weight excluding hydrogens is 243 g/mol. The summed E-state index contributed by atoms with van der Waals surface area (Å²) >= 11 is 0. The molecular formula is C15H19FN2O. The Morgan fingerprint density at radius 1 is 1.26 bits per heavy atom. The first-order valence-corrected chi connectivity index (χ1v) is 6.29. The molecule has 0 N–H and O–H groups in total. The molecule has 102 valence electrons. The summed E-state index contributed by atoms with van der Waals surface area (Å²) in [7, 11) is 1.82. The van der Waals surface area contributed by atoms with E-state index in [1.807, 2.05) is 13.1 Å². The Labute approximate surface area is 113 Å². The van der Waals surface area contributed by atoms with Gasteiger partial charge in [0.25, 0.3) is 0 Å². The number of benzene rings is 1. The normalized spacial score (nSPS) is 11.6. The minimum Gasteiger partial charge on any atom is -0.443 e. The standard InChI is InChI=1S/C15H19FN2O/c1-15(2,3)13-9-17-14(19-13)10-18(4)12-8-6-5-7-11(12)16/h5-9H,10H2,1-4H3.